The van der Waals surface area contributed by atoms with Crippen LogP contribution in [0.1, 0.15) is 17.4 Å². The van der Waals surface area contributed by atoms with Gasteiger partial charge in [0.1, 0.15) is 5.82 Å². The van der Waals surface area contributed by atoms with Crippen LogP contribution in [-0.4, -0.2) is 52.5 Å². The van der Waals surface area contributed by atoms with E-state index in [4.69, 9.17) is 0 Å². The quantitative estimate of drug-likeness (QED) is 0.905. The Kier molecular flexibility index (Phi) is 4.39. The van der Waals surface area contributed by atoms with Gasteiger partial charge in [0.25, 0.3) is 0 Å². The highest BCUT2D eigenvalue weighted by Gasteiger charge is 2.29. The lowest BCUT2D eigenvalue weighted by molar-refractivity contribution is 0.106. The number of nitrogens with one attached hydrogen (secondary N) is 2. The number of carbonyl (C=O) groups is 1. The third-order valence-corrected chi connectivity index (χ3v) is 4.06. The third-order valence-electron chi connectivity index (χ3n) is 4.06. The SMILES string of the molecule is CN1CCN(C(=O)NCc2ccccc2)C[C@@H]1c1ncc[nH]1. The van der Waals surface area contributed by atoms with E-state index in [2.05, 4.69) is 27.2 Å². The van der Waals surface area contributed by atoms with Crippen LogP contribution in [-0.2, 0) is 6.54 Å². The Labute approximate surface area is 130 Å². The summed E-state index contributed by atoms with van der Waals surface area (Å²) in [5.41, 5.74) is 1.10. The fraction of sp³-hybridized carbons (Fsp3) is 0.375. The van der Waals surface area contributed by atoms with Crippen molar-refractivity contribution in [2.45, 2.75) is 12.6 Å². The Balaban J connectivity index is 1.58. The molecule has 2 amide bonds. The highest BCUT2D eigenvalue weighted by Crippen LogP contribution is 2.20. The van der Waals surface area contributed by atoms with E-state index >= 15 is 0 Å². The molecule has 6 heteroatoms. The number of piperazine rings is 1. The smallest absolute Gasteiger partial charge is 0.317 e. The molecular weight excluding hydrogens is 278 g/mol. The van der Waals surface area contributed by atoms with Gasteiger partial charge in [-0.25, -0.2) is 9.78 Å². The first-order valence-electron chi connectivity index (χ1n) is 7.50. The summed E-state index contributed by atoms with van der Waals surface area (Å²) in [5, 5.41) is 2.99. The summed E-state index contributed by atoms with van der Waals surface area (Å²) in [7, 11) is 2.06. The van der Waals surface area contributed by atoms with E-state index < -0.39 is 0 Å². The lowest BCUT2D eigenvalue weighted by atomic mass is 10.1. The first-order valence-corrected chi connectivity index (χ1v) is 7.50. The maximum Gasteiger partial charge on any atom is 0.317 e. The average Bonchev–Trinajstić information content (AvgIpc) is 3.08. The molecular formula is C16H21N5O. The normalized spacial score (nSPS) is 19.1. The molecule has 1 atom stereocenters. The van der Waals surface area contributed by atoms with Gasteiger partial charge in [0.2, 0.25) is 0 Å². The second kappa shape index (κ2) is 6.62. The minimum absolute atomic E-state index is 0.0199. The van der Waals surface area contributed by atoms with Gasteiger partial charge in [-0.3, -0.25) is 4.90 Å². The zero-order valence-corrected chi connectivity index (χ0v) is 12.7. The van der Waals surface area contributed by atoms with E-state index in [1.54, 1.807) is 6.20 Å². The van der Waals surface area contributed by atoms with Crippen molar-refractivity contribution in [3.8, 4) is 0 Å². The van der Waals surface area contributed by atoms with Crippen LogP contribution in [0, 0.1) is 0 Å². The first-order chi connectivity index (χ1) is 10.7. The molecule has 1 aliphatic heterocycles. The molecule has 1 aliphatic rings. The number of aromatic amines is 1. The van der Waals surface area contributed by atoms with E-state index in [0.29, 0.717) is 13.1 Å². The van der Waals surface area contributed by atoms with Crippen LogP contribution in [0.25, 0.3) is 0 Å². The van der Waals surface area contributed by atoms with Crippen molar-refractivity contribution in [3.63, 3.8) is 0 Å². The van der Waals surface area contributed by atoms with Crippen molar-refractivity contribution in [3.05, 3.63) is 54.1 Å². The molecule has 0 unspecified atom stereocenters. The van der Waals surface area contributed by atoms with Gasteiger partial charge in [0, 0.05) is 38.6 Å². The van der Waals surface area contributed by atoms with Crippen LogP contribution in [0.15, 0.2) is 42.7 Å². The van der Waals surface area contributed by atoms with E-state index in [0.717, 1.165) is 24.5 Å². The molecule has 3 rings (SSSR count). The Morgan fingerprint density at radius 2 is 2.18 bits per heavy atom. The molecule has 2 N–H and O–H groups in total. The Hall–Kier alpha value is -2.34. The number of rotatable bonds is 3. The monoisotopic (exact) mass is 299 g/mol. The lowest BCUT2D eigenvalue weighted by Crippen LogP contribution is -2.52. The number of urea groups is 1. The molecule has 0 radical (unpaired) electrons. The van der Waals surface area contributed by atoms with Crippen LogP contribution in [0.4, 0.5) is 4.79 Å². The van der Waals surface area contributed by atoms with Crippen molar-refractivity contribution in [2.75, 3.05) is 26.7 Å². The first kappa shape index (κ1) is 14.6. The predicted molar refractivity (Wildman–Crippen MR) is 84.2 cm³/mol. The van der Waals surface area contributed by atoms with Gasteiger partial charge in [-0.2, -0.15) is 0 Å². The van der Waals surface area contributed by atoms with Crippen molar-refractivity contribution in [1.29, 1.82) is 0 Å². The predicted octanol–water partition coefficient (Wildman–Crippen LogP) is 1.61. The summed E-state index contributed by atoms with van der Waals surface area (Å²) in [5.74, 6) is 0.906. The van der Waals surface area contributed by atoms with Gasteiger partial charge in [0.05, 0.1) is 6.04 Å². The zero-order valence-electron chi connectivity index (χ0n) is 12.7. The minimum Gasteiger partial charge on any atom is -0.347 e. The zero-order chi connectivity index (χ0) is 15.4. The number of aromatic nitrogens is 2. The molecule has 0 bridgehead atoms. The van der Waals surface area contributed by atoms with Gasteiger partial charge >= 0.3 is 6.03 Å². The van der Waals surface area contributed by atoms with Crippen LogP contribution < -0.4 is 5.32 Å². The third kappa shape index (κ3) is 3.28. The highest BCUT2D eigenvalue weighted by molar-refractivity contribution is 5.74. The van der Waals surface area contributed by atoms with Gasteiger partial charge in [-0.15, -0.1) is 0 Å². The molecule has 116 valence electrons. The molecule has 1 fully saturated rings. The number of amides is 2. The molecule has 2 heterocycles. The topological polar surface area (TPSA) is 64.3 Å². The molecule has 1 aromatic heterocycles. The maximum absolute atomic E-state index is 12.4. The Bertz CT molecular complexity index is 598. The van der Waals surface area contributed by atoms with Crippen molar-refractivity contribution >= 4 is 6.03 Å². The van der Waals surface area contributed by atoms with Crippen LogP contribution in [0.5, 0.6) is 0 Å². The molecule has 22 heavy (non-hydrogen) atoms. The Morgan fingerprint density at radius 3 is 2.91 bits per heavy atom. The summed E-state index contributed by atoms with van der Waals surface area (Å²) < 4.78 is 0. The minimum atomic E-state index is -0.0199. The summed E-state index contributed by atoms with van der Waals surface area (Å²) >= 11 is 0. The molecule has 6 nitrogen and oxygen atoms in total. The van der Waals surface area contributed by atoms with E-state index in [1.807, 2.05) is 41.4 Å². The number of benzene rings is 1. The number of likely N-dealkylation sites (N-methyl/N-ethyl adjacent to an activating group) is 1. The maximum atomic E-state index is 12.4. The van der Waals surface area contributed by atoms with E-state index in [-0.39, 0.29) is 12.1 Å². The summed E-state index contributed by atoms with van der Waals surface area (Å²) in [6.45, 7) is 2.76. The summed E-state index contributed by atoms with van der Waals surface area (Å²) in [4.78, 5) is 23.9. The van der Waals surface area contributed by atoms with Crippen LogP contribution in [0.2, 0.25) is 0 Å². The number of hydrogen-bond donors (Lipinski definition) is 2. The number of nitrogens with zero attached hydrogens (tertiary/aromatic N) is 3. The molecule has 1 saturated heterocycles. The van der Waals surface area contributed by atoms with Gasteiger partial charge in [0.15, 0.2) is 0 Å². The lowest BCUT2D eigenvalue weighted by Gasteiger charge is -2.38. The highest BCUT2D eigenvalue weighted by atomic mass is 16.2. The number of imidazole rings is 1. The second-order valence-corrected chi connectivity index (χ2v) is 5.56. The molecule has 0 saturated carbocycles. The van der Waals surface area contributed by atoms with Gasteiger partial charge in [-0.1, -0.05) is 30.3 Å². The van der Waals surface area contributed by atoms with Gasteiger partial charge < -0.3 is 15.2 Å². The fourth-order valence-electron chi connectivity index (χ4n) is 2.70. The number of hydrogen-bond acceptors (Lipinski definition) is 3. The molecule has 2 aromatic rings. The van der Waals surface area contributed by atoms with Crippen LogP contribution >= 0.6 is 0 Å². The van der Waals surface area contributed by atoms with E-state index in [1.165, 1.54) is 0 Å². The molecule has 1 aromatic carbocycles. The van der Waals surface area contributed by atoms with Gasteiger partial charge in [-0.05, 0) is 12.6 Å². The van der Waals surface area contributed by atoms with E-state index in [9.17, 15) is 4.79 Å². The van der Waals surface area contributed by atoms with Crippen molar-refractivity contribution in [1.82, 2.24) is 25.1 Å². The summed E-state index contributed by atoms with van der Waals surface area (Å²) in [6, 6.07) is 10.0. The summed E-state index contributed by atoms with van der Waals surface area (Å²) in [6.07, 6.45) is 3.56. The van der Waals surface area contributed by atoms with Crippen molar-refractivity contribution < 1.29 is 4.79 Å². The van der Waals surface area contributed by atoms with Crippen molar-refractivity contribution in [2.24, 2.45) is 0 Å². The number of H-pyrrole nitrogens is 1. The average molecular weight is 299 g/mol. The fourth-order valence-corrected chi connectivity index (χ4v) is 2.70. The molecule has 0 aliphatic carbocycles. The largest absolute Gasteiger partial charge is 0.347 e. The number of carbonyl (C=O) groups excluding carboxylic acids is 1. The van der Waals surface area contributed by atoms with Crippen LogP contribution in [0.3, 0.4) is 0 Å². The molecule has 0 spiro atoms. The Morgan fingerprint density at radius 1 is 1.36 bits per heavy atom. The standard InChI is InChI=1S/C16H21N5O/c1-20-9-10-21(12-14(20)15-17-7-8-18-15)16(22)19-11-13-5-3-2-4-6-13/h2-8,14H,9-12H2,1H3,(H,17,18)(H,19,22)/t14-/m1/s1. The second-order valence-electron chi connectivity index (χ2n) is 5.56.